The number of rotatable bonds is 33. The van der Waals surface area contributed by atoms with E-state index in [4.69, 9.17) is 18.9 Å². The maximum Gasteiger partial charge on any atom is 0.306 e. The van der Waals surface area contributed by atoms with Gasteiger partial charge < -0.3 is 34.3 Å². The van der Waals surface area contributed by atoms with Crippen LogP contribution in [-0.4, -0.2) is 96.0 Å². The molecule has 0 aromatic carbocycles. The molecule has 1 aliphatic heterocycles. The molecule has 1 rings (SSSR count). The lowest BCUT2D eigenvalue weighted by atomic mass is 10.00. The zero-order valence-electron chi connectivity index (χ0n) is 34.0. The maximum atomic E-state index is 12.8. The van der Waals surface area contributed by atoms with Crippen LogP contribution in [0.15, 0.2) is 60.8 Å². The van der Waals surface area contributed by atoms with Gasteiger partial charge in [0, 0.05) is 12.8 Å². The molecule has 0 bridgehead atoms. The molecule has 12 nitrogen and oxygen atoms in total. The van der Waals surface area contributed by atoms with E-state index in [2.05, 4.69) is 74.6 Å². The third-order valence-corrected chi connectivity index (χ3v) is 9.86. The first-order valence-electron chi connectivity index (χ1n) is 20.8. The highest BCUT2D eigenvalue weighted by Crippen LogP contribution is 2.24. The van der Waals surface area contributed by atoms with Crippen LogP contribution in [0.1, 0.15) is 142 Å². The summed E-state index contributed by atoms with van der Waals surface area (Å²) in [7, 11) is -4.60. The van der Waals surface area contributed by atoms with E-state index in [-0.39, 0.29) is 19.4 Å². The molecule has 56 heavy (non-hydrogen) atoms. The first kappa shape index (κ1) is 51.4. The Morgan fingerprint density at radius 3 is 1.68 bits per heavy atom. The summed E-state index contributed by atoms with van der Waals surface area (Å²) < 4.78 is 53.8. The number of esters is 2. The lowest BCUT2D eigenvalue weighted by molar-refractivity contribution is -0.297. The SMILES string of the molecule is CC/C=C/C/C=C/C/C=C/C/C=C/C/C=C/CCCCCC(=O)O[C@H](COC(=O)CCCCCCCCCCC)CO[C@H]1O[C@H](CS(=O)(=O)O)[C@@H](O)C(O)C1O. The van der Waals surface area contributed by atoms with Crippen molar-refractivity contribution in [3.63, 3.8) is 0 Å². The quantitative estimate of drug-likeness (QED) is 0.0219. The first-order valence-corrected chi connectivity index (χ1v) is 22.5. The second-order valence-corrected chi connectivity index (χ2v) is 15.8. The van der Waals surface area contributed by atoms with E-state index < -0.39 is 71.2 Å². The average Bonchev–Trinajstić information content (AvgIpc) is 3.16. The molecular formula is C43H72O12S. The Morgan fingerprint density at radius 1 is 0.625 bits per heavy atom. The van der Waals surface area contributed by atoms with E-state index >= 15 is 0 Å². The standard InChI is InChI=1S/C43H72O12S/c1-3-5-7-9-11-13-14-15-16-17-18-19-20-21-22-24-26-28-30-32-39(45)54-36(33-52-38(44)31-29-27-25-23-12-10-8-6-4-2)34-53-43-42(48)41(47)40(46)37(55-43)35-56(49,50)51/h5,7,11,13,15-16,18-19,21-22,36-37,40-43,46-48H,3-4,6,8-10,12,14,17,20,23-35H2,1-2H3,(H,49,50,51)/b7-5+,13-11+,16-15+,19-18+,22-21+/t36-,37-,40-,41?,42?,43+/m1/s1. The van der Waals surface area contributed by atoms with Crippen molar-refractivity contribution in [3.05, 3.63) is 60.8 Å². The summed E-state index contributed by atoms with van der Waals surface area (Å²) in [6, 6.07) is 0. The van der Waals surface area contributed by atoms with Gasteiger partial charge in [-0.05, 0) is 57.8 Å². The molecule has 0 amide bonds. The van der Waals surface area contributed by atoms with Crippen molar-refractivity contribution in [2.75, 3.05) is 19.0 Å². The lowest BCUT2D eigenvalue weighted by Gasteiger charge is -2.40. The number of carbonyl (C=O) groups excluding carboxylic acids is 2. The Kier molecular flexibility index (Phi) is 30.6. The molecule has 4 N–H and O–H groups in total. The first-order chi connectivity index (χ1) is 27.0. The Bertz CT molecular complexity index is 1280. The van der Waals surface area contributed by atoms with E-state index in [9.17, 15) is 37.9 Å². The summed E-state index contributed by atoms with van der Waals surface area (Å²) in [6.07, 6.45) is 30.0. The minimum absolute atomic E-state index is 0.123. The van der Waals surface area contributed by atoms with Gasteiger partial charge in [0.1, 0.15) is 36.8 Å². The van der Waals surface area contributed by atoms with Gasteiger partial charge in [-0.15, -0.1) is 0 Å². The maximum absolute atomic E-state index is 12.8. The molecule has 0 saturated carbocycles. The predicted molar refractivity (Wildman–Crippen MR) is 219 cm³/mol. The average molecular weight is 813 g/mol. The number of unbranched alkanes of at least 4 members (excludes halogenated alkanes) is 11. The second-order valence-electron chi connectivity index (χ2n) is 14.3. The normalized spacial score (nSPS) is 21.3. The van der Waals surface area contributed by atoms with Crippen molar-refractivity contribution in [2.45, 2.75) is 179 Å². The van der Waals surface area contributed by atoms with Crippen LogP contribution in [-0.2, 0) is 38.7 Å². The monoisotopic (exact) mass is 812 g/mol. The highest BCUT2D eigenvalue weighted by molar-refractivity contribution is 7.85. The van der Waals surface area contributed by atoms with Crippen molar-refractivity contribution < 1.29 is 56.8 Å². The van der Waals surface area contributed by atoms with Crippen molar-refractivity contribution in [2.24, 2.45) is 0 Å². The minimum Gasteiger partial charge on any atom is -0.462 e. The molecule has 1 saturated heterocycles. The summed E-state index contributed by atoms with van der Waals surface area (Å²) >= 11 is 0. The van der Waals surface area contributed by atoms with Crippen LogP contribution in [0, 0.1) is 0 Å². The molecule has 2 unspecified atom stereocenters. The fraction of sp³-hybridized carbons (Fsp3) is 0.721. The fourth-order valence-corrected chi connectivity index (χ4v) is 6.57. The number of aliphatic hydroxyl groups excluding tert-OH is 3. The van der Waals surface area contributed by atoms with Crippen molar-refractivity contribution >= 4 is 22.1 Å². The molecule has 0 aromatic rings. The smallest absolute Gasteiger partial charge is 0.306 e. The van der Waals surface area contributed by atoms with E-state index in [1.165, 1.54) is 32.1 Å². The summed E-state index contributed by atoms with van der Waals surface area (Å²) in [5.74, 6) is -2.04. The summed E-state index contributed by atoms with van der Waals surface area (Å²) in [5, 5.41) is 30.8. The van der Waals surface area contributed by atoms with Gasteiger partial charge in [-0.25, -0.2) is 0 Å². The number of hydrogen-bond donors (Lipinski definition) is 4. The van der Waals surface area contributed by atoms with Gasteiger partial charge in [0.15, 0.2) is 12.4 Å². The van der Waals surface area contributed by atoms with E-state index in [0.717, 1.165) is 70.6 Å². The van der Waals surface area contributed by atoms with Crippen LogP contribution < -0.4 is 0 Å². The van der Waals surface area contributed by atoms with Crippen LogP contribution in [0.3, 0.4) is 0 Å². The van der Waals surface area contributed by atoms with E-state index in [1.54, 1.807) is 0 Å². The zero-order chi connectivity index (χ0) is 41.3. The third-order valence-electron chi connectivity index (χ3n) is 9.11. The van der Waals surface area contributed by atoms with E-state index in [1.807, 2.05) is 0 Å². The van der Waals surface area contributed by atoms with Crippen LogP contribution in [0.4, 0.5) is 0 Å². The van der Waals surface area contributed by atoms with Gasteiger partial charge in [0.05, 0.1) is 6.61 Å². The predicted octanol–water partition coefficient (Wildman–Crippen LogP) is 7.78. The fourth-order valence-electron chi connectivity index (χ4n) is 5.88. The number of hydrogen-bond acceptors (Lipinski definition) is 11. The third kappa shape index (κ3) is 27.9. The van der Waals surface area contributed by atoms with Crippen molar-refractivity contribution in [1.29, 1.82) is 0 Å². The second kappa shape index (κ2) is 33.3. The minimum atomic E-state index is -4.60. The molecular weight excluding hydrogens is 741 g/mol. The molecule has 1 fully saturated rings. The molecule has 1 aliphatic rings. The van der Waals surface area contributed by atoms with Gasteiger partial charge in [-0.2, -0.15) is 8.42 Å². The van der Waals surface area contributed by atoms with Gasteiger partial charge in [0.2, 0.25) is 0 Å². The Labute approximate surface area is 336 Å². The number of ether oxygens (including phenoxy) is 4. The van der Waals surface area contributed by atoms with E-state index in [0.29, 0.717) is 12.8 Å². The Morgan fingerprint density at radius 2 is 1.12 bits per heavy atom. The van der Waals surface area contributed by atoms with Gasteiger partial charge in [-0.3, -0.25) is 14.1 Å². The highest BCUT2D eigenvalue weighted by atomic mass is 32.2. The van der Waals surface area contributed by atoms with Crippen LogP contribution in [0.25, 0.3) is 0 Å². The summed E-state index contributed by atoms with van der Waals surface area (Å²) in [6.45, 7) is 3.57. The van der Waals surface area contributed by atoms with Crippen molar-refractivity contribution in [3.8, 4) is 0 Å². The largest absolute Gasteiger partial charge is 0.462 e. The van der Waals surface area contributed by atoms with Crippen molar-refractivity contribution in [1.82, 2.24) is 0 Å². The van der Waals surface area contributed by atoms with Crippen LogP contribution in [0.5, 0.6) is 0 Å². The molecule has 1 heterocycles. The summed E-state index contributed by atoms with van der Waals surface area (Å²) in [4.78, 5) is 25.2. The summed E-state index contributed by atoms with van der Waals surface area (Å²) in [5.41, 5.74) is 0. The van der Waals surface area contributed by atoms with Crippen LogP contribution >= 0.6 is 0 Å². The van der Waals surface area contributed by atoms with Gasteiger partial charge >= 0.3 is 11.9 Å². The molecule has 6 atom stereocenters. The Hall–Kier alpha value is -2.65. The van der Waals surface area contributed by atoms with Gasteiger partial charge in [0.25, 0.3) is 10.1 Å². The molecule has 13 heteroatoms. The number of carbonyl (C=O) groups is 2. The molecule has 322 valence electrons. The number of aliphatic hydroxyl groups is 3. The molecule has 0 spiro atoms. The Balaban J connectivity index is 2.50. The highest BCUT2D eigenvalue weighted by Gasteiger charge is 2.46. The molecule has 0 aliphatic carbocycles. The zero-order valence-corrected chi connectivity index (χ0v) is 34.8. The van der Waals surface area contributed by atoms with Gasteiger partial charge in [-0.1, -0.05) is 132 Å². The number of allylic oxidation sites excluding steroid dienone is 10. The molecule has 0 radical (unpaired) electrons. The molecule has 0 aromatic heterocycles. The van der Waals surface area contributed by atoms with Crippen LogP contribution in [0.2, 0.25) is 0 Å². The topological polar surface area (TPSA) is 186 Å². The lowest BCUT2D eigenvalue weighted by Crippen LogP contribution is -2.60.